The van der Waals surface area contributed by atoms with Crippen molar-refractivity contribution < 1.29 is 28.5 Å². The van der Waals surface area contributed by atoms with Gasteiger partial charge in [0.15, 0.2) is 23.0 Å². The molecule has 0 aliphatic carbocycles. The minimum Gasteiger partial charge on any atom is -0.493 e. The molecule has 8 heteroatoms. The second-order valence-corrected chi connectivity index (χ2v) is 6.67. The largest absolute Gasteiger partial charge is 0.493 e. The second-order valence-electron chi connectivity index (χ2n) is 6.67. The summed E-state index contributed by atoms with van der Waals surface area (Å²) in [6, 6.07) is 9.34. The highest BCUT2D eigenvalue weighted by atomic mass is 16.5. The van der Waals surface area contributed by atoms with Crippen LogP contribution < -0.4 is 29.0 Å². The first kappa shape index (κ1) is 23.2. The maximum absolute atomic E-state index is 12.4. The third-order valence-electron chi connectivity index (χ3n) is 4.53. The molecule has 2 aromatic carbocycles. The highest BCUT2D eigenvalue weighted by Crippen LogP contribution is 2.38. The van der Waals surface area contributed by atoms with Crippen LogP contribution in [-0.2, 0) is 17.9 Å². The summed E-state index contributed by atoms with van der Waals surface area (Å²) in [7, 11) is 9.75. The lowest BCUT2D eigenvalue weighted by Crippen LogP contribution is -2.34. The fourth-order valence-corrected chi connectivity index (χ4v) is 3.09. The van der Waals surface area contributed by atoms with Gasteiger partial charge < -0.3 is 29.0 Å². The van der Waals surface area contributed by atoms with Gasteiger partial charge in [-0.1, -0.05) is 6.07 Å². The summed E-state index contributed by atoms with van der Waals surface area (Å²) >= 11 is 0. The van der Waals surface area contributed by atoms with Crippen LogP contribution in [0.3, 0.4) is 0 Å². The number of benzene rings is 2. The number of hydrogen-bond acceptors (Lipinski definition) is 7. The molecule has 0 bridgehead atoms. The lowest BCUT2D eigenvalue weighted by Gasteiger charge is -2.18. The van der Waals surface area contributed by atoms with Gasteiger partial charge in [-0.15, -0.1) is 0 Å². The van der Waals surface area contributed by atoms with Gasteiger partial charge in [0.2, 0.25) is 11.7 Å². The van der Waals surface area contributed by atoms with E-state index in [4.69, 9.17) is 23.7 Å². The topological polar surface area (TPSA) is 78.5 Å². The molecule has 0 unspecified atom stereocenters. The fraction of sp³-hybridized carbons (Fsp3) is 0.409. The van der Waals surface area contributed by atoms with E-state index in [1.807, 2.05) is 42.3 Å². The SMILES string of the molecule is COc1ccc(CN(C)CC(=O)NCc2cc(OC)c(OC)c(OC)c2)cc1OC. The Balaban J connectivity index is 1.94. The quantitative estimate of drug-likeness (QED) is 0.601. The first-order valence-corrected chi connectivity index (χ1v) is 9.40. The van der Waals surface area contributed by atoms with E-state index in [2.05, 4.69) is 5.32 Å². The summed E-state index contributed by atoms with van der Waals surface area (Å²) in [6.45, 7) is 1.19. The van der Waals surface area contributed by atoms with Gasteiger partial charge >= 0.3 is 0 Å². The van der Waals surface area contributed by atoms with Crippen molar-refractivity contribution in [3.8, 4) is 28.7 Å². The lowest BCUT2D eigenvalue weighted by molar-refractivity contribution is -0.122. The van der Waals surface area contributed by atoms with Gasteiger partial charge in [-0.25, -0.2) is 0 Å². The summed E-state index contributed by atoms with van der Waals surface area (Å²) in [4.78, 5) is 14.3. The zero-order valence-corrected chi connectivity index (χ0v) is 18.4. The number of rotatable bonds is 11. The van der Waals surface area contributed by atoms with Crippen molar-refractivity contribution in [2.45, 2.75) is 13.1 Å². The highest BCUT2D eigenvalue weighted by molar-refractivity contribution is 5.78. The van der Waals surface area contributed by atoms with E-state index < -0.39 is 0 Å². The van der Waals surface area contributed by atoms with Gasteiger partial charge in [0.05, 0.1) is 42.1 Å². The molecule has 0 saturated heterocycles. The van der Waals surface area contributed by atoms with Gasteiger partial charge in [0.1, 0.15) is 0 Å². The lowest BCUT2D eigenvalue weighted by atomic mass is 10.1. The van der Waals surface area contributed by atoms with Crippen molar-refractivity contribution in [1.82, 2.24) is 10.2 Å². The number of methoxy groups -OCH3 is 5. The van der Waals surface area contributed by atoms with Crippen molar-refractivity contribution in [1.29, 1.82) is 0 Å². The number of carbonyl (C=O) groups excluding carboxylic acids is 1. The Kier molecular flexibility index (Phi) is 8.61. The first-order chi connectivity index (χ1) is 14.4. The van der Waals surface area contributed by atoms with Crippen LogP contribution in [0.4, 0.5) is 0 Å². The highest BCUT2D eigenvalue weighted by Gasteiger charge is 2.14. The molecule has 0 fully saturated rings. The van der Waals surface area contributed by atoms with Crippen molar-refractivity contribution in [3.63, 3.8) is 0 Å². The van der Waals surface area contributed by atoms with Crippen LogP contribution in [0.15, 0.2) is 30.3 Å². The molecule has 0 aromatic heterocycles. The zero-order chi connectivity index (χ0) is 22.1. The van der Waals surface area contributed by atoms with Crippen molar-refractivity contribution in [2.75, 3.05) is 49.1 Å². The van der Waals surface area contributed by atoms with E-state index in [1.165, 1.54) is 0 Å². The van der Waals surface area contributed by atoms with Crippen LogP contribution >= 0.6 is 0 Å². The summed E-state index contributed by atoms with van der Waals surface area (Å²) in [5.74, 6) is 2.86. The van der Waals surface area contributed by atoms with E-state index in [9.17, 15) is 4.79 Å². The molecule has 2 aromatic rings. The summed E-state index contributed by atoms with van der Waals surface area (Å²) in [5.41, 5.74) is 1.87. The molecule has 0 aliphatic rings. The van der Waals surface area contributed by atoms with Crippen LogP contribution in [0, 0.1) is 0 Å². The van der Waals surface area contributed by atoms with Crippen molar-refractivity contribution in [2.24, 2.45) is 0 Å². The Bertz CT molecular complexity index is 831. The fourth-order valence-electron chi connectivity index (χ4n) is 3.09. The number of nitrogens with one attached hydrogen (secondary N) is 1. The standard InChI is InChI=1S/C22H30N2O6/c1-24(13-15-7-8-17(26-2)18(9-15)27-3)14-21(25)23-12-16-10-19(28-4)22(30-6)20(11-16)29-5/h7-11H,12-14H2,1-6H3,(H,23,25). The molecule has 8 nitrogen and oxygen atoms in total. The van der Waals surface area contributed by atoms with E-state index in [0.717, 1.165) is 11.1 Å². The number of hydrogen-bond donors (Lipinski definition) is 1. The molecule has 0 aliphatic heterocycles. The van der Waals surface area contributed by atoms with Gasteiger partial charge in [-0.05, 0) is 42.4 Å². The number of amides is 1. The minimum absolute atomic E-state index is 0.0910. The van der Waals surface area contributed by atoms with Crippen LogP contribution in [0.1, 0.15) is 11.1 Å². The summed E-state index contributed by atoms with van der Waals surface area (Å²) in [6.07, 6.45) is 0. The number of ether oxygens (including phenoxy) is 5. The third kappa shape index (κ3) is 5.93. The van der Waals surface area contributed by atoms with E-state index in [1.54, 1.807) is 35.5 Å². The number of likely N-dealkylation sites (N-methyl/N-ethyl adjacent to an activating group) is 1. The normalized spacial score (nSPS) is 10.5. The van der Waals surface area contributed by atoms with Crippen LogP contribution in [0.2, 0.25) is 0 Å². The van der Waals surface area contributed by atoms with Gasteiger partial charge in [0.25, 0.3) is 0 Å². The average Bonchev–Trinajstić information content (AvgIpc) is 2.76. The van der Waals surface area contributed by atoms with E-state index in [0.29, 0.717) is 41.8 Å². The average molecular weight is 418 g/mol. The molecule has 0 atom stereocenters. The molecule has 164 valence electrons. The van der Waals surface area contributed by atoms with Crippen LogP contribution in [0.5, 0.6) is 28.7 Å². The molecule has 1 N–H and O–H groups in total. The Morgan fingerprint density at radius 3 is 1.90 bits per heavy atom. The van der Waals surface area contributed by atoms with Crippen molar-refractivity contribution >= 4 is 5.91 Å². The maximum atomic E-state index is 12.4. The van der Waals surface area contributed by atoms with Crippen molar-refractivity contribution in [3.05, 3.63) is 41.5 Å². The molecular formula is C22H30N2O6. The molecule has 0 radical (unpaired) electrons. The molecule has 30 heavy (non-hydrogen) atoms. The molecule has 1 amide bonds. The number of nitrogens with zero attached hydrogens (tertiary/aromatic N) is 1. The van der Waals surface area contributed by atoms with Gasteiger partial charge in [-0.2, -0.15) is 0 Å². The smallest absolute Gasteiger partial charge is 0.234 e. The first-order valence-electron chi connectivity index (χ1n) is 9.40. The maximum Gasteiger partial charge on any atom is 0.234 e. The minimum atomic E-state index is -0.0910. The summed E-state index contributed by atoms with van der Waals surface area (Å²) in [5, 5.41) is 2.92. The predicted octanol–water partition coefficient (Wildman–Crippen LogP) is 2.48. The predicted molar refractivity (Wildman–Crippen MR) is 114 cm³/mol. The molecular weight excluding hydrogens is 388 g/mol. The van der Waals surface area contributed by atoms with Gasteiger partial charge in [-0.3, -0.25) is 9.69 Å². The molecule has 2 rings (SSSR count). The molecule has 0 heterocycles. The van der Waals surface area contributed by atoms with E-state index in [-0.39, 0.29) is 12.5 Å². The van der Waals surface area contributed by atoms with E-state index >= 15 is 0 Å². The third-order valence-corrected chi connectivity index (χ3v) is 4.53. The Morgan fingerprint density at radius 2 is 1.37 bits per heavy atom. The monoisotopic (exact) mass is 418 g/mol. The number of carbonyl (C=O) groups is 1. The Hall–Kier alpha value is -3.13. The Labute approximate surface area is 177 Å². The Morgan fingerprint density at radius 1 is 0.800 bits per heavy atom. The second kappa shape index (κ2) is 11.2. The molecule has 0 saturated carbocycles. The summed E-state index contributed by atoms with van der Waals surface area (Å²) < 4.78 is 26.6. The molecule has 0 spiro atoms. The van der Waals surface area contributed by atoms with Crippen LogP contribution in [0.25, 0.3) is 0 Å². The van der Waals surface area contributed by atoms with Gasteiger partial charge in [0, 0.05) is 13.1 Å². The zero-order valence-electron chi connectivity index (χ0n) is 18.4. The van der Waals surface area contributed by atoms with Crippen LogP contribution in [-0.4, -0.2) is 59.9 Å².